The van der Waals surface area contributed by atoms with Gasteiger partial charge in [-0.1, -0.05) is 128 Å². The molecule has 0 aromatic carbocycles. The Morgan fingerprint density at radius 2 is 1.22 bits per heavy atom. The van der Waals surface area contributed by atoms with Crippen molar-refractivity contribution in [2.45, 2.75) is 193 Å². The lowest BCUT2D eigenvalue weighted by Crippen LogP contribution is -2.40. The first-order chi connectivity index (χ1) is 21.9. The highest BCUT2D eigenvalue weighted by Crippen LogP contribution is 2.15. The summed E-state index contributed by atoms with van der Waals surface area (Å²) in [4.78, 5) is 36.0. The van der Waals surface area contributed by atoms with Crippen LogP contribution in [0.15, 0.2) is 24.3 Å². The summed E-state index contributed by atoms with van der Waals surface area (Å²) in [6.45, 7) is 4.88. The zero-order valence-electron chi connectivity index (χ0n) is 29.2. The van der Waals surface area contributed by atoms with E-state index in [0.29, 0.717) is 32.2 Å². The van der Waals surface area contributed by atoms with Crippen LogP contribution in [-0.2, 0) is 19.1 Å². The molecule has 0 aliphatic heterocycles. The van der Waals surface area contributed by atoms with Gasteiger partial charge in [0.15, 0.2) is 0 Å². The van der Waals surface area contributed by atoms with Crippen molar-refractivity contribution in [1.82, 2.24) is 5.32 Å². The van der Waals surface area contributed by atoms with Crippen molar-refractivity contribution >= 4 is 17.8 Å². The maximum atomic E-state index is 12.6. The molecule has 4 N–H and O–H groups in total. The van der Waals surface area contributed by atoms with Gasteiger partial charge in [0.1, 0.15) is 12.1 Å². The third-order valence-electron chi connectivity index (χ3n) is 8.25. The Hall–Kier alpha value is -2.15. The number of unbranched alkanes of at least 4 members (excludes halogenated alkanes) is 17. The van der Waals surface area contributed by atoms with Crippen molar-refractivity contribution in [2.75, 3.05) is 6.54 Å². The van der Waals surface area contributed by atoms with E-state index in [1.165, 1.54) is 70.6 Å². The Balaban J connectivity index is 4.32. The van der Waals surface area contributed by atoms with Gasteiger partial charge in [0, 0.05) is 12.8 Å². The fourth-order valence-corrected chi connectivity index (χ4v) is 5.40. The number of rotatable bonds is 33. The number of amides is 1. The first-order valence-corrected chi connectivity index (χ1v) is 18.7. The molecule has 0 saturated carbocycles. The Kier molecular flexibility index (Phi) is 31.6. The van der Waals surface area contributed by atoms with Gasteiger partial charge in [-0.25, -0.2) is 4.79 Å². The van der Waals surface area contributed by atoms with Crippen LogP contribution in [0.1, 0.15) is 181 Å². The van der Waals surface area contributed by atoms with Gasteiger partial charge in [-0.15, -0.1) is 0 Å². The SMILES string of the molecule is CCCCC/C=C\C/C=C\C(CCCCCCCCC(=O)NC(CCCN)C(=O)O)OC(=O)CCCCCCCCCCCC. The average molecular weight is 635 g/mol. The van der Waals surface area contributed by atoms with Gasteiger partial charge in [0.2, 0.25) is 5.91 Å². The number of nitrogens with two attached hydrogens (primary N) is 1. The van der Waals surface area contributed by atoms with Crippen molar-refractivity contribution in [2.24, 2.45) is 5.73 Å². The third kappa shape index (κ3) is 30.3. The normalized spacial score (nSPS) is 13.0. The number of allylic oxidation sites excluding steroid dienone is 3. The molecule has 0 bridgehead atoms. The molecule has 45 heavy (non-hydrogen) atoms. The molecule has 2 atom stereocenters. The number of carboxylic acids is 1. The predicted octanol–water partition coefficient (Wildman–Crippen LogP) is 9.72. The Bertz CT molecular complexity index is 767. The summed E-state index contributed by atoms with van der Waals surface area (Å²) < 4.78 is 5.89. The minimum Gasteiger partial charge on any atom is -0.480 e. The number of ether oxygens (including phenoxy) is 1. The van der Waals surface area contributed by atoms with E-state index in [2.05, 4.69) is 43.5 Å². The standard InChI is InChI=1S/C38H70N2O5/c1-3-5-7-9-11-13-14-16-22-26-32-37(42)45-34(28-23-19-15-12-10-8-6-4-2)29-24-20-17-18-21-25-31-36(41)40-35(38(43)44)30-27-33-39/h12,15,23,28,34-35H,3-11,13-14,16-22,24-27,29-33,39H2,1-2H3,(H,40,41)(H,43,44)/b15-12-,28-23-. The number of hydrogen-bond donors (Lipinski definition) is 3. The lowest BCUT2D eigenvalue weighted by molar-refractivity contribution is -0.147. The smallest absolute Gasteiger partial charge is 0.326 e. The van der Waals surface area contributed by atoms with Gasteiger partial charge >= 0.3 is 11.9 Å². The summed E-state index contributed by atoms with van der Waals surface area (Å²) >= 11 is 0. The van der Waals surface area contributed by atoms with Crippen LogP contribution in [0.25, 0.3) is 0 Å². The second kappa shape index (κ2) is 33.2. The molecule has 0 saturated heterocycles. The molecule has 0 radical (unpaired) electrons. The van der Waals surface area contributed by atoms with Crippen LogP contribution in [0.2, 0.25) is 0 Å². The van der Waals surface area contributed by atoms with Crippen molar-refractivity contribution in [3.8, 4) is 0 Å². The summed E-state index contributed by atoms with van der Waals surface area (Å²) in [6, 6.07) is -0.853. The number of carbonyl (C=O) groups is 3. The van der Waals surface area contributed by atoms with E-state index < -0.39 is 12.0 Å². The summed E-state index contributed by atoms with van der Waals surface area (Å²) in [6.07, 6.45) is 35.2. The molecule has 0 aromatic heterocycles. The minimum absolute atomic E-state index is 0.0780. The molecule has 0 aromatic rings. The Labute approximate surface area is 276 Å². The van der Waals surface area contributed by atoms with Gasteiger partial charge in [0.05, 0.1) is 0 Å². The minimum atomic E-state index is -1.01. The van der Waals surface area contributed by atoms with Gasteiger partial charge in [-0.05, 0) is 70.4 Å². The molecule has 262 valence electrons. The van der Waals surface area contributed by atoms with Gasteiger partial charge in [0.25, 0.3) is 0 Å². The molecular weight excluding hydrogens is 564 g/mol. The van der Waals surface area contributed by atoms with Crippen LogP contribution in [0.5, 0.6) is 0 Å². The number of hydrogen-bond acceptors (Lipinski definition) is 5. The summed E-state index contributed by atoms with van der Waals surface area (Å²) in [5.41, 5.74) is 5.46. The first kappa shape index (κ1) is 42.9. The van der Waals surface area contributed by atoms with Crippen LogP contribution >= 0.6 is 0 Å². The van der Waals surface area contributed by atoms with Crippen molar-refractivity contribution < 1.29 is 24.2 Å². The van der Waals surface area contributed by atoms with Crippen LogP contribution in [-0.4, -0.2) is 41.6 Å². The van der Waals surface area contributed by atoms with E-state index in [9.17, 15) is 19.5 Å². The number of nitrogens with one attached hydrogen (secondary N) is 1. The highest BCUT2D eigenvalue weighted by Gasteiger charge is 2.18. The quantitative estimate of drug-likeness (QED) is 0.0376. The number of carboxylic acid groups (broad SMARTS) is 1. The molecule has 7 nitrogen and oxygen atoms in total. The van der Waals surface area contributed by atoms with Crippen LogP contribution in [0.3, 0.4) is 0 Å². The second-order valence-electron chi connectivity index (χ2n) is 12.6. The Morgan fingerprint density at radius 3 is 1.82 bits per heavy atom. The first-order valence-electron chi connectivity index (χ1n) is 18.7. The van der Waals surface area contributed by atoms with E-state index in [1.54, 1.807) is 0 Å². The lowest BCUT2D eigenvalue weighted by Gasteiger charge is -2.15. The van der Waals surface area contributed by atoms with Gasteiger partial charge in [-0.2, -0.15) is 0 Å². The highest BCUT2D eigenvalue weighted by atomic mass is 16.5. The molecule has 0 heterocycles. The zero-order valence-corrected chi connectivity index (χ0v) is 29.2. The maximum absolute atomic E-state index is 12.6. The topological polar surface area (TPSA) is 119 Å². The van der Waals surface area contributed by atoms with Gasteiger partial charge in [-0.3, -0.25) is 9.59 Å². The van der Waals surface area contributed by atoms with E-state index in [0.717, 1.165) is 70.6 Å². The van der Waals surface area contributed by atoms with E-state index in [-0.39, 0.29) is 18.0 Å². The van der Waals surface area contributed by atoms with Crippen LogP contribution in [0.4, 0.5) is 0 Å². The fourth-order valence-electron chi connectivity index (χ4n) is 5.40. The third-order valence-corrected chi connectivity index (χ3v) is 8.25. The second-order valence-corrected chi connectivity index (χ2v) is 12.6. The highest BCUT2D eigenvalue weighted by molar-refractivity contribution is 5.83. The van der Waals surface area contributed by atoms with Crippen molar-refractivity contribution in [3.05, 3.63) is 24.3 Å². The number of carbonyl (C=O) groups excluding carboxylic acids is 2. The van der Waals surface area contributed by atoms with E-state index in [4.69, 9.17) is 10.5 Å². The fraction of sp³-hybridized carbons (Fsp3) is 0.816. The van der Waals surface area contributed by atoms with Gasteiger partial charge < -0.3 is 20.9 Å². The molecule has 7 heteroatoms. The maximum Gasteiger partial charge on any atom is 0.326 e. The monoisotopic (exact) mass is 635 g/mol. The molecule has 0 rings (SSSR count). The molecule has 1 amide bonds. The van der Waals surface area contributed by atoms with E-state index >= 15 is 0 Å². The van der Waals surface area contributed by atoms with Crippen molar-refractivity contribution in [3.63, 3.8) is 0 Å². The number of aliphatic carboxylic acids is 1. The molecule has 0 aliphatic rings. The van der Waals surface area contributed by atoms with E-state index in [1.807, 2.05) is 0 Å². The molecule has 2 unspecified atom stereocenters. The molecular formula is C38H70N2O5. The number of esters is 1. The Morgan fingerprint density at radius 1 is 0.667 bits per heavy atom. The summed E-state index contributed by atoms with van der Waals surface area (Å²) in [5.74, 6) is -1.29. The van der Waals surface area contributed by atoms with Crippen LogP contribution in [0, 0.1) is 0 Å². The summed E-state index contributed by atoms with van der Waals surface area (Å²) in [5, 5.41) is 11.9. The van der Waals surface area contributed by atoms with Crippen LogP contribution < -0.4 is 11.1 Å². The molecule has 0 fully saturated rings. The molecule has 0 spiro atoms. The van der Waals surface area contributed by atoms with Crippen molar-refractivity contribution in [1.29, 1.82) is 0 Å². The largest absolute Gasteiger partial charge is 0.480 e. The molecule has 0 aliphatic carbocycles. The zero-order chi connectivity index (χ0) is 33.2. The lowest BCUT2D eigenvalue weighted by atomic mass is 10.0. The summed E-state index contributed by atoms with van der Waals surface area (Å²) in [7, 11) is 0. The average Bonchev–Trinajstić information content (AvgIpc) is 3.02. The predicted molar refractivity (Wildman–Crippen MR) is 188 cm³/mol.